The standard InChI is InChI=1S/C12H14N2O2/c13-6-8-16-12-3-1-10(2-4-12)14-11-5-7-15-9-11/h1-4,11,14H,5,7-9H2. The molecule has 1 saturated heterocycles. The lowest BCUT2D eigenvalue weighted by Crippen LogP contribution is -2.18. The summed E-state index contributed by atoms with van der Waals surface area (Å²) in [5.74, 6) is 0.717. The van der Waals surface area contributed by atoms with E-state index >= 15 is 0 Å². The Hall–Kier alpha value is -1.73. The fourth-order valence-corrected chi connectivity index (χ4v) is 1.65. The van der Waals surface area contributed by atoms with Gasteiger partial charge in [0.2, 0.25) is 0 Å². The number of nitrogens with zero attached hydrogens (tertiary/aromatic N) is 1. The molecule has 1 aromatic carbocycles. The number of nitriles is 1. The van der Waals surface area contributed by atoms with Crippen LogP contribution >= 0.6 is 0 Å². The van der Waals surface area contributed by atoms with Gasteiger partial charge in [0.15, 0.2) is 6.61 Å². The van der Waals surface area contributed by atoms with E-state index in [0.717, 1.165) is 31.1 Å². The van der Waals surface area contributed by atoms with Crippen molar-refractivity contribution in [3.05, 3.63) is 24.3 Å². The molecule has 0 spiro atoms. The van der Waals surface area contributed by atoms with Crippen LogP contribution in [0.3, 0.4) is 0 Å². The minimum absolute atomic E-state index is 0.0865. The average Bonchev–Trinajstić information content (AvgIpc) is 2.81. The van der Waals surface area contributed by atoms with E-state index in [1.54, 1.807) is 0 Å². The van der Waals surface area contributed by atoms with Crippen molar-refractivity contribution < 1.29 is 9.47 Å². The van der Waals surface area contributed by atoms with Gasteiger partial charge >= 0.3 is 0 Å². The Bertz CT molecular complexity index is 364. The Kier molecular flexibility index (Phi) is 3.62. The zero-order valence-electron chi connectivity index (χ0n) is 8.98. The molecule has 4 heteroatoms. The summed E-state index contributed by atoms with van der Waals surface area (Å²) in [6, 6.07) is 9.96. The van der Waals surface area contributed by atoms with E-state index in [1.807, 2.05) is 30.3 Å². The van der Waals surface area contributed by atoms with Crippen LogP contribution in [0, 0.1) is 11.3 Å². The summed E-state index contributed by atoms with van der Waals surface area (Å²) >= 11 is 0. The molecular weight excluding hydrogens is 204 g/mol. The largest absolute Gasteiger partial charge is 0.479 e. The maximum absolute atomic E-state index is 8.37. The summed E-state index contributed by atoms with van der Waals surface area (Å²) in [6.45, 7) is 1.69. The quantitative estimate of drug-likeness (QED) is 0.837. The highest BCUT2D eigenvalue weighted by Gasteiger charge is 2.14. The van der Waals surface area contributed by atoms with E-state index in [1.165, 1.54) is 0 Å². The Morgan fingerprint density at radius 2 is 2.25 bits per heavy atom. The van der Waals surface area contributed by atoms with Gasteiger partial charge in [0, 0.05) is 12.3 Å². The molecule has 1 heterocycles. The maximum Gasteiger partial charge on any atom is 0.174 e. The molecule has 2 rings (SSSR count). The first kappa shape index (κ1) is 10.8. The molecule has 1 aromatic rings. The fraction of sp³-hybridized carbons (Fsp3) is 0.417. The monoisotopic (exact) mass is 218 g/mol. The van der Waals surface area contributed by atoms with Gasteiger partial charge in [-0.15, -0.1) is 0 Å². The van der Waals surface area contributed by atoms with Crippen molar-refractivity contribution in [1.29, 1.82) is 5.26 Å². The van der Waals surface area contributed by atoms with Gasteiger partial charge in [0.1, 0.15) is 11.8 Å². The van der Waals surface area contributed by atoms with Gasteiger partial charge in [-0.1, -0.05) is 0 Å². The number of rotatable bonds is 4. The number of benzene rings is 1. The topological polar surface area (TPSA) is 54.3 Å². The van der Waals surface area contributed by atoms with E-state index in [-0.39, 0.29) is 6.61 Å². The third-order valence-electron chi connectivity index (χ3n) is 2.46. The van der Waals surface area contributed by atoms with Gasteiger partial charge in [0.25, 0.3) is 0 Å². The highest BCUT2D eigenvalue weighted by molar-refractivity contribution is 5.47. The summed E-state index contributed by atoms with van der Waals surface area (Å²) in [5.41, 5.74) is 1.06. The van der Waals surface area contributed by atoms with Crippen molar-refractivity contribution in [3.63, 3.8) is 0 Å². The van der Waals surface area contributed by atoms with Crippen molar-refractivity contribution in [3.8, 4) is 11.8 Å². The third kappa shape index (κ3) is 2.88. The zero-order valence-corrected chi connectivity index (χ0v) is 8.98. The number of anilines is 1. The summed E-state index contributed by atoms with van der Waals surface area (Å²) in [5, 5.41) is 11.7. The molecule has 1 N–H and O–H groups in total. The number of hydrogen-bond acceptors (Lipinski definition) is 4. The molecule has 1 atom stereocenters. The minimum Gasteiger partial charge on any atom is -0.479 e. The first-order chi connectivity index (χ1) is 7.88. The van der Waals surface area contributed by atoms with Crippen LogP contribution < -0.4 is 10.1 Å². The second-order valence-corrected chi connectivity index (χ2v) is 3.68. The number of hydrogen-bond donors (Lipinski definition) is 1. The molecule has 0 aromatic heterocycles. The molecule has 1 unspecified atom stereocenters. The van der Waals surface area contributed by atoms with E-state index in [0.29, 0.717) is 6.04 Å². The highest BCUT2D eigenvalue weighted by atomic mass is 16.5. The van der Waals surface area contributed by atoms with Crippen LogP contribution in [0.2, 0.25) is 0 Å². The van der Waals surface area contributed by atoms with E-state index in [2.05, 4.69) is 5.32 Å². The number of nitrogens with one attached hydrogen (secondary N) is 1. The predicted octanol–water partition coefficient (Wildman–Crippen LogP) is 1.79. The van der Waals surface area contributed by atoms with Gasteiger partial charge in [-0.25, -0.2) is 0 Å². The second kappa shape index (κ2) is 5.38. The molecule has 1 fully saturated rings. The molecule has 16 heavy (non-hydrogen) atoms. The predicted molar refractivity (Wildman–Crippen MR) is 60.4 cm³/mol. The van der Waals surface area contributed by atoms with E-state index in [4.69, 9.17) is 14.7 Å². The summed E-state index contributed by atoms with van der Waals surface area (Å²) in [7, 11) is 0. The normalized spacial score (nSPS) is 19.1. The van der Waals surface area contributed by atoms with Gasteiger partial charge < -0.3 is 14.8 Å². The fourth-order valence-electron chi connectivity index (χ4n) is 1.65. The van der Waals surface area contributed by atoms with Gasteiger partial charge in [-0.3, -0.25) is 0 Å². The maximum atomic E-state index is 8.37. The molecule has 0 bridgehead atoms. The van der Waals surface area contributed by atoms with E-state index in [9.17, 15) is 0 Å². The number of ether oxygens (including phenoxy) is 2. The zero-order chi connectivity index (χ0) is 11.2. The summed E-state index contributed by atoms with van der Waals surface area (Å²) < 4.78 is 10.4. The summed E-state index contributed by atoms with van der Waals surface area (Å²) in [6.07, 6.45) is 1.05. The van der Waals surface area contributed by atoms with Crippen LogP contribution in [0.1, 0.15) is 6.42 Å². The summed E-state index contributed by atoms with van der Waals surface area (Å²) in [4.78, 5) is 0. The van der Waals surface area contributed by atoms with Crippen molar-refractivity contribution in [2.45, 2.75) is 12.5 Å². The smallest absolute Gasteiger partial charge is 0.174 e. The SMILES string of the molecule is N#CCOc1ccc(NC2CCOC2)cc1. The molecule has 84 valence electrons. The van der Waals surface area contributed by atoms with Gasteiger partial charge in [0.05, 0.1) is 12.6 Å². The van der Waals surface area contributed by atoms with Crippen molar-refractivity contribution in [2.24, 2.45) is 0 Å². The van der Waals surface area contributed by atoms with Gasteiger partial charge in [-0.2, -0.15) is 5.26 Å². The molecule has 1 aliphatic rings. The average molecular weight is 218 g/mol. The van der Waals surface area contributed by atoms with Gasteiger partial charge in [-0.05, 0) is 30.7 Å². The van der Waals surface area contributed by atoms with E-state index < -0.39 is 0 Å². The molecule has 0 radical (unpaired) electrons. The second-order valence-electron chi connectivity index (χ2n) is 3.68. The third-order valence-corrected chi connectivity index (χ3v) is 2.46. The lowest BCUT2D eigenvalue weighted by Gasteiger charge is -2.12. The van der Waals surface area contributed by atoms with Crippen LogP contribution in [-0.2, 0) is 4.74 Å². The molecule has 0 amide bonds. The van der Waals surface area contributed by atoms with Crippen LogP contribution in [0.4, 0.5) is 5.69 Å². The van der Waals surface area contributed by atoms with Crippen molar-refractivity contribution in [1.82, 2.24) is 0 Å². The van der Waals surface area contributed by atoms with Crippen LogP contribution in [0.5, 0.6) is 5.75 Å². The van der Waals surface area contributed by atoms with Crippen molar-refractivity contribution in [2.75, 3.05) is 25.1 Å². The Labute approximate surface area is 94.8 Å². The Balaban J connectivity index is 1.88. The minimum atomic E-state index is 0.0865. The first-order valence-electron chi connectivity index (χ1n) is 5.32. The lowest BCUT2D eigenvalue weighted by atomic mass is 10.2. The van der Waals surface area contributed by atoms with Crippen LogP contribution in [0.25, 0.3) is 0 Å². The molecule has 4 nitrogen and oxygen atoms in total. The lowest BCUT2D eigenvalue weighted by molar-refractivity contribution is 0.195. The highest BCUT2D eigenvalue weighted by Crippen LogP contribution is 2.18. The molecule has 0 saturated carbocycles. The molecule has 0 aliphatic carbocycles. The molecular formula is C12H14N2O2. The Morgan fingerprint density at radius 3 is 2.88 bits per heavy atom. The van der Waals surface area contributed by atoms with Crippen molar-refractivity contribution >= 4 is 5.69 Å². The van der Waals surface area contributed by atoms with Crippen LogP contribution in [-0.4, -0.2) is 25.9 Å². The van der Waals surface area contributed by atoms with Crippen LogP contribution in [0.15, 0.2) is 24.3 Å². The molecule has 1 aliphatic heterocycles. The Morgan fingerprint density at radius 1 is 1.44 bits per heavy atom. The first-order valence-corrected chi connectivity index (χ1v) is 5.32.